The van der Waals surface area contributed by atoms with Gasteiger partial charge >= 0.3 is 0 Å². The molecule has 1 N–H and O–H groups in total. The first-order valence-corrected chi connectivity index (χ1v) is 4.59. The third kappa shape index (κ3) is 2.51. The Morgan fingerprint density at radius 2 is 2.33 bits per heavy atom. The summed E-state index contributed by atoms with van der Waals surface area (Å²) in [4.78, 5) is 2.27. The van der Waals surface area contributed by atoms with Gasteiger partial charge in [-0.1, -0.05) is 0 Å². The molecule has 2 atom stereocenters. The van der Waals surface area contributed by atoms with Crippen molar-refractivity contribution < 1.29 is 5.11 Å². The van der Waals surface area contributed by atoms with E-state index in [-0.39, 0.29) is 6.10 Å². The molecule has 0 radical (unpaired) electrons. The number of hydrogen-bond acceptors (Lipinski definition) is 2. The van der Waals surface area contributed by atoms with Crippen LogP contribution in [0.15, 0.2) is 0 Å². The predicted octanol–water partition coefficient (Wildman–Crippen LogP) is 0.855. The van der Waals surface area contributed by atoms with Crippen molar-refractivity contribution in [2.45, 2.75) is 38.3 Å². The zero-order chi connectivity index (χ0) is 8.97. The summed E-state index contributed by atoms with van der Waals surface area (Å²) in [7, 11) is 0. The number of aliphatic hydroxyl groups is 1. The van der Waals surface area contributed by atoms with E-state index in [2.05, 4.69) is 17.7 Å². The number of β-amino-alcohol motifs (C(OH)–C–C–N with tert-alkyl or cyclic N) is 1. The van der Waals surface area contributed by atoms with Crippen LogP contribution in [-0.2, 0) is 0 Å². The van der Waals surface area contributed by atoms with Crippen molar-refractivity contribution in [2.24, 2.45) is 0 Å². The highest BCUT2D eigenvalue weighted by Crippen LogP contribution is 2.16. The molecule has 0 bridgehead atoms. The fraction of sp³-hybridized carbons (Fsp3) is 0.800. The van der Waals surface area contributed by atoms with Crippen molar-refractivity contribution in [3.8, 4) is 12.3 Å². The van der Waals surface area contributed by atoms with Gasteiger partial charge in [0.1, 0.15) is 0 Å². The van der Waals surface area contributed by atoms with E-state index in [1.54, 1.807) is 0 Å². The van der Waals surface area contributed by atoms with E-state index in [1.165, 1.54) is 0 Å². The maximum atomic E-state index is 9.40. The van der Waals surface area contributed by atoms with Gasteiger partial charge in [0.05, 0.1) is 6.10 Å². The minimum Gasteiger partial charge on any atom is -0.392 e. The number of terminal acetylenes is 1. The predicted molar refractivity (Wildman–Crippen MR) is 49.7 cm³/mol. The first-order chi connectivity index (χ1) is 5.74. The van der Waals surface area contributed by atoms with Crippen LogP contribution in [0.3, 0.4) is 0 Å². The lowest BCUT2D eigenvalue weighted by molar-refractivity contribution is 0.0425. The summed E-state index contributed by atoms with van der Waals surface area (Å²) in [6, 6.07) is 0.585. The minimum absolute atomic E-state index is 0.140. The van der Waals surface area contributed by atoms with Crippen molar-refractivity contribution in [1.82, 2.24) is 4.90 Å². The standard InChI is InChI=1S/C10H17NO/c1-3-4-7-11-8-10(12)6-5-9(11)2/h1,9-10,12H,4-8H2,2H3/t9-,10-/m1/s1. The van der Waals surface area contributed by atoms with E-state index in [0.29, 0.717) is 6.04 Å². The summed E-state index contributed by atoms with van der Waals surface area (Å²) in [6.07, 6.45) is 7.86. The summed E-state index contributed by atoms with van der Waals surface area (Å²) in [5.41, 5.74) is 0. The largest absolute Gasteiger partial charge is 0.392 e. The normalized spacial score (nSPS) is 31.4. The molecule has 0 saturated carbocycles. The molecular weight excluding hydrogens is 150 g/mol. The van der Waals surface area contributed by atoms with Gasteiger partial charge in [-0.25, -0.2) is 0 Å². The van der Waals surface area contributed by atoms with Crippen LogP contribution in [0.2, 0.25) is 0 Å². The molecule has 1 rings (SSSR count). The van der Waals surface area contributed by atoms with Crippen LogP contribution in [0.4, 0.5) is 0 Å². The van der Waals surface area contributed by atoms with Gasteiger partial charge in [-0.3, -0.25) is 4.90 Å². The molecule has 0 spiro atoms. The Kier molecular flexibility index (Phi) is 3.58. The fourth-order valence-corrected chi connectivity index (χ4v) is 1.68. The molecule has 0 aliphatic carbocycles. The van der Waals surface area contributed by atoms with Crippen LogP contribution in [0.5, 0.6) is 0 Å². The average Bonchev–Trinajstić information content (AvgIpc) is 2.07. The van der Waals surface area contributed by atoms with Crippen LogP contribution in [0.1, 0.15) is 26.2 Å². The van der Waals surface area contributed by atoms with Crippen LogP contribution in [-0.4, -0.2) is 35.2 Å². The Balaban J connectivity index is 2.34. The molecular formula is C10H17NO. The van der Waals surface area contributed by atoms with Crippen LogP contribution >= 0.6 is 0 Å². The van der Waals surface area contributed by atoms with Crippen molar-refractivity contribution >= 4 is 0 Å². The van der Waals surface area contributed by atoms with E-state index in [4.69, 9.17) is 6.42 Å². The van der Waals surface area contributed by atoms with Crippen molar-refractivity contribution in [3.05, 3.63) is 0 Å². The SMILES string of the molecule is C#CCCN1C[C@H](O)CC[C@H]1C. The molecule has 1 aliphatic rings. The molecule has 1 fully saturated rings. The summed E-state index contributed by atoms with van der Waals surface area (Å²) < 4.78 is 0. The smallest absolute Gasteiger partial charge is 0.0667 e. The Morgan fingerprint density at radius 1 is 1.58 bits per heavy atom. The number of aliphatic hydroxyl groups excluding tert-OH is 1. The molecule has 0 unspecified atom stereocenters. The molecule has 12 heavy (non-hydrogen) atoms. The Bertz CT molecular complexity index is 173. The van der Waals surface area contributed by atoms with Gasteiger partial charge in [0, 0.05) is 25.6 Å². The van der Waals surface area contributed by atoms with Gasteiger partial charge in [-0.05, 0) is 19.8 Å². The van der Waals surface area contributed by atoms with Crippen molar-refractivity contribution in [1.29, 1.82) is 0 Å². The Hall–Kier alpha value is -0.520. The summed E-state index contributed by atoms with van der Waals surface area (Å²) in [6.45, 7) is 3.92. The summed E-state index contributed by atoms with van der Waals surface area (Å²) in [5.74, 6) is 2.63. The Morgan fingerprint density at radius 3 is 3.00 bits per heavy atom. The number of rotatable bonds is 2. The molecule has 1 aliphatic heterocycles. The van der Waals surface area contributed by atoms with Gasteiger partial charge in [-0.2, -0.15) is 0 Å². The molecule has 0 aromatic rings. The van der Waals surface area contributed by atoms with E-state index in [9.17, 15) is 5.11 Å². The second-order valence-electron chi connectivity index (χ2n) is 3.53. The lowest BCUT2D eigenvalue weighted by Gasteiger charge is -2.35. The average molecular weight is 167 g/mol. The molecule has 0 aromatic carbocycles. The summed E-state index contributed by atoms with van der Waals surface area (Å²) >= 11 is 0. The van der Waals surface area contributed by atoms with Gasteiger partial charge in [0.25, 0.3) is 0 Å². The maximum absolute atomic E-state index is 9.40. The van der Waals surface area contributed by atoms with Gasteiger partial charge in [0.2, 0.25) is 0 Å². The first kappa shape index (κ1) is 9.57. The van der Waals surface area contributed by atoms with Crippen molar-refractivity contribution in [2.75, 3.05) is 13.1 Å². The number of likely N-dealkylation sites (tertiary alicyclic amines) is 1. The van der Waals surface area contributed by atoms with Crippen LogP contribution < -0.4 is 0 Å². The third-order valence-electron chi connectivity index (χ3n) is 2.53. The third-order valence-corrected chi connectivity index (χ3v) is 2.53. The molecule has 1 saturated heterocycles. The first-order valence-electron chi connectivity index (χ1n) is 4.59. The highest BCUT2D eigenvalue weighted by molar-refractivity contribution is 4.87. The lowest BCUT2D eigenvalue weighted by atomic mass is 10.0. The second kappa shape index (κ2) is 4.49. The van der Waals surface area contributed by atoms with E-state index in [1.807, 2.05) is 0 Å². The number of nitrogens with zero attached hydrogens (tertiary/aromatic N) is 1. The highest BCUT2D eigenvalue weighted by atomic mass is 16.3. The van der Waals surface area contributed by atoms with Crippen LogP contribution in [0, 0.1) is 12.3 Å². The van der Waals surface area contributed by atoms with Gasteiger partial charge < -0.3 is 5.11 Å². The monoisotopic (exact) mass is 167 g/mol. The number of piperidine rings is 1. The van der Waals surface area contributed by atoms with E-state index < -0.39 is 0 Å². The molecule has 2 nitrogen and oxygen atoms in total. The van der Waals surface area contributed by atoms with Gasteiger partial charge in [-0.15, -0.1) is 12.3 Å². The van der Waals surface area contributed by atoms with E-state index >= 15 is 0 Å². The quantitative estimate of drug-likeness (QED) is 0.616. The topological polar surface area (TPSA) is 23.5 Å². The van der Waals surface area contributed by atoms with Crippen molar-refractivity contribution in [3.63, 3.8) is 0 Å². The van der Waals surface area contributed by atoms with Gasteiger partial charge in [0.15, 0.2) is 0 Å². The second-order valence-corrected chi connectivity index (χ2v) is 3.53. The molecule has 0 aromatic heterocycles. The zero-order valence-corrected chi connectivity index (χ0v) is 7.66. The highest BCUT2D eigenvalue weighted by Gasteiger charge is 2.22. The van der Waals surface area contributed by atoms with E-state index in [0.717, 1.165) is 32.4 Å². The Labute approximate surface area is 74.6 Å². The zero-order valence-electron chi connectivity index (χ0n) is 7.66. The molecule has 0 amide bonds. The van der Waals surface area contributed by atoms with Crippen LogP contribution in [0.25, 0.3) is 0 Å². The fourth-order valence-electron chi connectivity index (χ4n) is 1.68. The molecule has 2 heteroatoms. The molecule has 1 heterocycles. The maximum Gasteiger partial charge on any atom is 0.0667 e. The minimum atomic E-state index is -0.140. The lowest BCUT2D eigenvalue weighted by Crippen LogP contribution is -2.44. The number of hydrogen-bond donors (Lipinski definition) is 1. The summed E-state index contributed by atoms with van der Waals surface area (Å²) in [5, 5.41) is 9.40. The molecule has 68 valence electrons.